The van der Waals surface area contributed by atoms with E-state index < -0.39 is 5.41 Å². The molecular weight excluding hydrogens is 294 g/mol. The molecule has 3 rings (SSSR count). The van der Waals surface area contributed by atoms with Crippen LogP contribution in [0.2, 0.25) is 0 Å². The molecule has 0 heterocycles. The van der Waals surface area contributed by atoms with Gasteiger partial charge in [-0.3, -0.25) is 0 Å². The van der Waals surface area contributed by atoms with E-state index in [2.05, 4.69) is 12.0 Å². The monoisotopic (exact) mass is 315 g/mol. The highest BCUT2D eigenvalue weighted by molar-refractivity contribution is 5.54. The van der Waals surface area contributed by atoms with Crippen LogP contribution < -0.4 is 0 Å². The van der Waals surface area contributed by atoms with E-state index in [0.29, 0.717) is 6.42 Å². The maximum Gasteiger partial charge on any atom is 0.123 e. The van der Waals surface area contributed by atoms with E-state index in [-0.39, 0.29) is 5.92 Å². The van der Waals surface area contributed by atoms with Gasteiger partial charge < -0.3 is 0 Å². The number of rotatable bonds is 3. The van der Waals surface area contributed by atoms with E-state index in [0.717, 1.165) is 42.4 Å². The molecule has 0 amide bonds. The Morgan fingerprint density at radius 3 is 2.00 bits per heavy atom. The van der Waals surface area contributed by atoms with Crippen molar-refractivity contribution in [2.45, 2.75) is 37.5 Å². The van der Waals surface area contributed by atoms with E-state index >= 15 is 0 Å². The normalized spacial score (nSPS) is 18.3. The van der Waals surface area contributed by atoms with Crippen LogP contribution in [0.1, 0.15) is 43.2 Å². The maximum absolute atomic E-state index is 11.3. The summed E-state index contributed by atoms with van der Waals surface area (Å²) < 4.78 is 0. The number of benzene rings is 2. The highest BCUT2D eigenvalue weighted by Crippen LogP contribution is 2.45. The fourth-order valence-corrected chi connectivity index (χ4v) is 3.95. The number of hydrogen-bond acceptors (Lipinski definition) is 2. The molecule has 0 spiro atoms. The van der Waals surface area contributed by atoms with Gasteiger partial charge in [-0.25, -0.2) is 4.79 Å². The van der Waals surface area contributed by atoms with E-state index in [1.807, 2.05) is 60.7 Å². The van der Waals surface area contributed by atoms with Crippen LogP contribution in [0.25, 0.3) is 0 Å². The second-order valence-electron chi connectivity index (χ2n) is 6.50. The lowest BCUT2D eigenvalue weighted by molar-refractivity contribution is 0.365. The fourth-order valence-electron chi connectivity index (χ4n) is 3.95. The van der Waals surface area contributed by atoms with Crippen molar-refractivity contribution >= 4 is 5.94 Å². The van der Waals surface area contributed by atoms with Crippen LogP contribution in [0.3, 0.4) is 0 Å². The highest BCUT2D eigenvalue weighted by atomic mass is 16.1. The topological polar surface area (TPSA) is 40.9 Å². The summed E-state index contributed by atoms with van der Waals surface area (Å²) in [5, 5.41) is 10.3. The molecule has 1 aliphatic carbocycles. The summed E-state index contributed by atoms with van der Waals surface area (Å²) >= 11 is 0. The van der Waals surface area contributed by atoms with Crippen LogP contribution in [0.4, 0.5) is 0 Å². The lowest BCUT2D eigenvalue weighted by Gasteiger charge is -2.36. The molecule has 2 nitrogen and oxygen atoms in total. The molecule has 24 heavy (non-hydrogen) atoms. The van der Waals surface area contributed by atoms with Gasteiger partial charge in [0.25, 0.3) is 0 Å². The molecule has 0 aliphatic heterocycles. The minimum absolute atomic E-state index is 0.0891. The SMILES string of the molecule is N#CC(c1ccccc1)(c1ccccc1)C1CCCCC(=C=O)C1. The van der Waals surface area contributed by atoms with Gasteiger partial charge in [0.1, 0.15) is 11.4 Å². The van der Waals surface area contributed by atoms with Gasteiger partial charge >= 0.3 is 0 Å². The quantitative estimate of drug-likeness (QED) is 0.601. The van der Waals surface area contributed by atoms with Crippen LogP contribution in [0.15, 0.2) is 66.2 Å². The molecule has 2 aromatic rings. The Morgan fingerprint density at radius 1 is 0.917 bits per heavy atom. The van der Waals surface area contributed by atoms with E-state index in [1.54, 1.807) is 0 Å². The minimum Gasteiger partial charge on any atom is -0.234 e. The summed E-state index contributed by atoms with van der Waals surface area (Å²) in [4.78, 5) is 11.3. The van der Waals surface area contributed by atoms with Crippen molar-refractivity contribution in [3.05, 3.63) is 77.4 Å². The Labute approximate surface area is 143 Å². The molecular formula is C22H21NO. The van der Waals surface area contributed by atoms with Gasteiger partial charge in [0.05, 0.1) is 6.07 Å². The van der Waals surface area contributed by atoms with Gasteiger partial charge in [-0.15, -0.1) is 0 Å². The van der Waals surface area contributed by atoms with Crippen molar-refractivity contribution in [2.75, 3.05) is 0 Å². The molecule has 1 atom stereocenters. The first kappa shape index (κ1) is 16.2. The number of hydrogen-bond donors (Lipinski definition) is 0. The summed E-state index contributed by atoms with van der Waals surface area (Å²) in [7, 11) is 0. The molecule has 0 radical (unpaired) electrons. The van der Waals surface area contributed by atoms with Crippen molar-refractivity contribution in [1.29, 1.82) is 5.26 Å². The van der Waals surface area contributed by atoms with Crippen LogP contribution in [-0.2, 0) is 10.2 Å². The molecule has 120 valence electrons. The molecule has 1 aliphatic rings. The van der Waals surface area contributed by atoms with E-state index in [9.17, 15) is 10.1 Å². The van der Waals surface area contributed by atoms with Crippen molar-refractivity contribution in [3.8, 4) is 6.07 Å². The summed E-state index contributed by atoms with van der Waals surface area (Å²) in [6.07, 6.45) is 4.46. The zero-order valence-corrected chi connectivity index (χ0v) is 13.7. The molecule has 2 aromatic carbocycles. The summed E-state index contributed by atoms with van der Waals surface area (Å²) in [5.41, 5.74) is 2.12. The average molecular weight is 315 g/mol. The zero-order valence-electron chi connectivity index (χ0n) is 13.7. The van der Waals surface area contributed by atoms with Crippen LogP contribution in [0.5, 0.6) is 0 Å². The molecule has 1 fully saturated rings. The van der Waals surface area contributed by atoms with Crippen molar-refractivity contribution in [2.24, 2.45) is 5.92 Å². The van der Waals surface area contributed by atoms with Crippen LogP contribution in [0, 0.1) is 17.2 Å². The Balaban J connectivity index is 2.18. The third kappa shape index (κ3) is 2.92. The Hall–Kier alpha value is -2.62. The first-order valence-corrected chi connectivity index (χ1v) is 8.56. The lowest BCUT2D eigenvalue weighted by Crippen LogP contribution is -2.35. The van der Waals surface area contributed by atoms with Gasteiger partial charge in [-0.1, -0.05) is 67.1 Å². The molecule has 1 unspecified atom stereocenters. The predicted octanol–water partition coefficient (Wildman–Crippen LogP) is 4.83. The molecule has 0 N–H and O–H groups in total. The fraction of sp³-hybridized carbons (Fsp3) is 0.318. The van der Waals surface area contributed by atoms with Crippen molar-refractivity contribution in [3.63, 3.8) is 0 Å². The standard InChI is InChI=1S/C22H21NO/c23-17-22(19-10-3-1-4-11-19,20-12-5-2-6-13-20)21-14-8-7-9-18(15-21)16-24/h1-6,10-13,21H,7-9,14-15H2. The summed E-state index contributed by atoms with van der Waals surface area (Å²) in [6.45, 7) is 0. The second-order valence-corrected chi connectivity index (χ2v) is 6.50. The van der Waals surface area contributed by atoms with Crippen molar-refractivity contribution in [1.82, 2.24) is 0 Å². The summed E-state index contributed by atoms with van der Waals surface area (Å²) in [5.74, 6) is 2.22. The predicted molar refractivity (Wildman–Crippen MR) is 95.1 cm³/mol. The largest absolute Gasteiger partial charge is 0.234 e. The molecule has 1 saturated carbocycles. The lowest BCUT2D eigenvalue weighted by atomic mass is 9.64. The average Bonchev–Trinajstić information content (AvgIpc) is 2.91. The third-order valence-electron chi connectivity index (χ3n) is 5.17. The Bertz CT molecular complexity index is 727. The van der Waals surface area contributed by atoms with Gasteiger partial charge in [0.2, 0.25) is 0 Å². The number of nitriles is 1. The number of nitrogens with zero attached hydrogens (tertiary/aromatic N) is 1. The van der Waals surface area contributed by atoms with Crippen molar-refractivity contribution < 1.29 is 4.79 Å². The highest BCUT2D eigenvalue weighted by Gasteiger charge is 2.43. The second kappa shape index (κ2) is 7.30. The summed E-state index contributed by atoms with van der Waals surface area (Å²) in [6, 6.07) is 22.7. The third-order valence-corrected chi connectivity index (χ3v) is 5.17. The van der Waals surface area contributed by atoms with Crippen LogP contribution in [-0.4, -0.2) is 5.94 Å². The Morgan fingerprint density at radius 2 is 1.50 bits per heavy atom. The van der Waals surface area contributed by atoms with Gasteiger partial charge in [0, 0.05) is 5.57 Å². The maximum atomic E-state index is 11.3. The van der Waals surface area contributed by atoms with Gasteiger partial charge in [-0.2, -0.15) is 5.26 Å². The first-order valence-electron chi connectivity index (χ1n) is 8.56. The van der Waals surface area contributed by atoms with Gasteiger partial charge in [0.15, 0.2) is 0 Å². The van der Waals surface area contributed by atoms with Gasteiger partial charge in [-0.05, 0) is 42.7 Å². The Kier molecular flexibility index (Phi) is 4.94. The molecule has 2 heteroatoms. The van der Waals surface area contributed by atoms with E-state index in [4.69, 9.17) is 0 Å². The molecule has 0 saturated heterocycles. The zero-order chi connectivity index (χ0) is 16.8. The molecule has 0 aromatic heterocycles. The minimum atomic E-state index is -0.727. The first-order chi connectivity index (χ1) is 11.8. The number of carbonyl (C=O) groups excluding carboxylic acids is 1. The smallest absolute Gasteiger partial charge is 0.123 e. The number of allylic oxidation sites excluding steroid dienone is 1. The van der Waals surface area contributed by atoms with E-state index in [1.165, 1.54) is 0 Å². The van der Waals surface area contributed by atoms with Crippen LogP contribution >= 0.6 is 0 Å². The molecule has 0 bridgehead atoms.